The summed E-state index contributed by atoms with van der Waals surface area (Å²) in [4.78, 5) is 72.1. The van der Waals surface area contributed by atoms with E-state index in [1.165, 1.54) is 7.11 Å². The van der Waals surface area contributed by atoms with Crippen molar-refractivity contribution in [2.24, 2.45) is 17.8 Å². The molecule has 8 atom stereocenters. The average Bonchev–Trinajstić information content (AvgIpc) is 3.65. The molecule has 3 rings (SSSR count). The van der Waals surface area contributed by atoms with Crippen LogP contribution in [0.4, 0.5) is 0 Å². The zero-order valence-electron chi connectivity index (χ0n) is 35.4. The standard InChI is InChI=1S/C44H66N4O8/c1-12-29(4)38(47(9)42(52)37(28(2)3)46-41(51)32-22-17-14-18-23-32)35(54-10)27-36(49)48-25-19-24-34(48)39(55-11)30(5)40(50)45-33(43(53)56-44(6,7)8)26-31-20-15-13-16-21-31/h13-18,20-23,28-30,33-35,37-39H,12,19,24-27H2,1-11H3,(H,45,50)(H,46,51)/t29-,30+,33-,34-,35+,37-,38-,39+/m0/s1. The maximum atomic E-state index is 14.3. The third-order valence-electron chi connectivity index (χ3n) is 10.8. The number of carbonyl (C=O) groups is 5. The first kappa shape index (κ1) is 46.1. The van der Waals surface area contributed by atoms with E-state index in [0.717, 1.165) is 18.4 Å². The van der Waals surface area contributed by atoms with Crippen molar-refractivity contribution in [1.29, 1.82) is 0 Å². The normalized spacial score (nSPS) is 18.2. The predicted molar refractivity (Wildman–Crippen MR) is 217 cm³/mol. The molecule has 1 aliphatic rings. The lowest BCUT2D eigenvalue weighted by molar-refractivity contribution is -0.159. The predicted octanol–water partition coefficient (Wildman–Crippen LogP) is 5.43. The van der Waals surface area contributed by atoms with E-state index in [1.807, 2.05) is 64.1 Å². The number of hydrogen-bond acceptors (Lipinski definition) is 8. The van der Waals surface area contributed by atoms with E-state index >= 15 is 0 Å². The van der Waals surface area contributed by atoms with Crippen molar-refractivity contribution in [2.75, 3.05) is 27.8 Å². The average molecular weight is 779 g/mol. The number of methoxy groups -OCH3 is 2. The van der Waals surface area contributed by atoms with Crippen LogP contribution in [0.1, 0.15) is 97.0 Å². The van der Waals surface area contributed by atoms with Crippen LogP contribution >= 0.6 is 0 Å². The molecule has 12 nitrogen and oxygen atoms in total. The summed E-state index contributed by atoms with van der Waals surface area (Å²) in [5, 5.41) is 5.86. The summed E-state index contributed by atoms with van der Waals surface area (Å²) in [6.45, 7) is 15.4. The summed E-state index contributed by atoms with van der Waals surface area (Å²) in [6.07, 6.45) is 1.01. The van der Waals surface area contributed by atoms with Gasteiger partial charge in [-0.05, 0) is 63.1 Å². The zero-order valence-corrected chi connectivity index (χ0v) is 35.4. The highest BCUT2D eigenvalue weighted by atomic mass is 16.6. The second-order valence-electron chi connectivity index (χ2n) is 16.4. The smallest absolute Gasteiger partial charge is 0.329 e. The van der Waals surface area contributed by atoms with E-state index in [4.69, 9.17) is 14.2 Å². The zero-order chi connectivity index (χ0) is 41.7. The summed E-state index contributed by atoms with van der Waals surface area (Å²) < 4.78 is 17.7. The molecule has 310 valence electrons. The Labute approximate surface area is 334 Å². The van der Waals surface area contributed by atoms with Crippen LogP contribution < -0.4 is 10.6 Å². The highest BCUT2D eigenvalue weighted by Gasteiger charge is 2.43. The molecule has 0 saturated carbocycles. The van der Waals surface area contributed by atoms with Crippen molar-refractivity contribution < 1.29 is 38.2 Å². The van der Waals surface area contributed by atoms with Crippen molar-refractivity contribution in [3.8, 4) is 0 Å². The number of likely N-dealkylation sites (N-methyl/N-ethyl adjacent to an activating group) is 1. The summed E-state index contributed by atoms with van der Waals surface area (Å²) in [7, 11) is 4.79. The minimum atomic E-state index is -0.924. The molecule has 4 amide bonds. The Balaban J connectivity index is 1.79. The van der Waals surface area contributed by atoms with E-state index in [-0.39, 0.29) is 48.3 Å². The fourth-order valence-electron chi connectivity index (χ4n) is 7.57. The molecule has 0 aromatic heterocycles. The molecule has 0 unspecified atom stereocenters. The third kappa shape index (κ3) is 12.6. The molecule has 1 aliphatic heterocycles. The number of amides is 4. The third-order valence-corrected chi connectivity index (χ3v) is 10.8. The van der Waals surface area contributed by atoms with Gasteiger partial charge in [-0.2, -0.15) is 0 Å². The van der Waals surface area contributed by atoms with E-state index < -0.39 is 53.9 Å². The molecule has 0 spiro atoms. The van der Waals surface area contributed by atoms with Crippen LogP contribution in [0.25, 0.3) is 0 Å². The maximum Gasteiger partial charge on any atom is 0.329 e. The molecule has 0 radical (unpaired) electrons. The summed E-state index contributed by atoms with van der Waals surface area (Å²) >= 11 is 0. The first-order chi connectivity index (χ1) is 26.4. The van der Waals surface area contributed by atoms with Gasteiger partial charge in [-0.1, -0.05) is 89.6 Å². The lowest BCUT2D eigenvalue weighted by Gasteiger charge is -2.40. The first-order valence-corrected chi connectivity index (χ1v) is 20.0. The van der Waals surface area contributed by atoms with E-state index in [9.17, 15) is 24.0 Å². The Morgan fingerprint density at radius 1 is 0.893 bits per heavy atom. The molecule has 0 bridgehead atoms. The van der Waals surface area contributed by atoms with Gasteiger partial charge in [0.25, 0.3) is 5.91 Å². The van der Waals surface area contributed by atoms with Gasteiger partial charge >= 0.3 is 5.97 Å². The number of carbonyl (C=O) groups excluding carboxylic acids is 5. The van der Waals surface area contributed by atoms with Gasteiger partial charge in [0.05, 0.1) is 36.6 Å². The SMILES string of the molecule is CC[C@H](C)[C@@H]([C@@H](CC(=O)N1CCC[C@H]1[C@H](OC)[C@@H](C)C(=O)N[C@@H](Cc1ccccc1)C(=O)OC(C)(C)C)OC)N(C)C(=O)[C@@H](NC(=O)c1ccccc1)C(C)C. The second-order valence-corrected chi connectivity index (χ2v) is 16.4. The summed E-state index contributed by atoms with van der Waals surface area (Å²) in [5.74, 6) is -2.64. The summed E-state index contributed by atoms with van der Waals surface area (Å²) in [6, 6.07) is 15.6. The molecular weight excluding hydrogens is 713 g/mol. The van der Waals surface area contributed by atoms with Gasteiger partial charge in [0.15, 0.2) is 0 Å². The number of nitrogens with one attached hydrogen (secondary N) is 2. The Morgan fingerprint density at radius 3 is 2.04 bits per heavy atom. The van der Waals surface area contributed by atoms with Crippen molar-refractivity contribution in [3.63, 3.8) is 0 Å². The van der Waals surface area contributed by atoms with Gasteiger partial charge in [0.2, 0.25) is 17.7 Å². The first-order valence-electron chi connectivity index (χ1n) is 20.0. The second kappa shape index (κ2) is 21.3. The largest absolute Gasteiger partial charge is 0.458 e. The van der Waals surface area contributed by atoms with Gasteiger partial charge in [-0.15, -0.1) is 0 Å². The Morgan fingerprint density at radius 2 is 1.50 bits per heavy atom. The number of ether oxygens (including phenoxy) is 3. The Kier molecular flexibility index (Phi) is 17.5. The Bertz CT molecular complexity index is 1580. The van der Waals surface area contributed by atoms with Crippen molar-refractivity contribution >= 4 is 29.6 Å². The highest BCUT2D eigenvalue weighted by Crippen LogP contribution is 2.30. The molecule has 2 N–H and O–H groups in total. The molecule has 2 aromatic rings. The van der Waals surface area contributed by atoms with Crippen molar-refractivity contribution in [3.05, 3.63) is 71.8 Å². The van der Waals surface area contributed by atoms with Gasteiger partial charge in [-0.25, -0.2) is 4.79 Å². The monoisotopic (exact) mass is 778 g/mol. The number of esters is 1. The highest BCUT2D eigenvalue weighted by molar-refractivity contribution is 5.97. The topological polar surface area (TPSA) is 144 Å². The number of rotatable bonds is 19. The fourth-order valence-corrected chi connectivity index (χ4v) is 7.57. The lowest BCUT2D eigenvalue weighted by Crippen LogP contribution is -2.58. The van der Waals surface area contributed by atoms with Crippen LogP contribution in [-0.2, 0) is 39.8 Å². The molecule has 1 heterocycles. The molecular formula is C44H66N4O8. The van der Waals surface area contributed by atoms with Crippen LogP contribution in [0.15, 0.2) is 60.7 Å². The summed E-state index contributed by atoms with van der Waals surface area (Å²) in [5.41, 5.74) is 0.593. The van der Waals surface area contributed by atoms with E-state index in [0.29, 0.717) is 18.5 Å². The van der Waals surface area contributed by atoms with Gasteiger partial charge in [0.1, 0.15) is 17.7 Å². The maximum absolute atomic E-state index is 14.3. The minimum absolute atomic E-state index is 0.00283. The van der Waals surface area contributed by atoms with Gasteiger partial charge < -0.3 is 34.6 Å². The molecule has 56 heavy (non-hydrogen) atoms. The van der Waals surface area contributed by atoms with Crippen molar-refractivity contribution in [2.45, 2.75) is 129 Å². The van der Waals surface area contributed by atoms with Gasteiger partial charge in [-0.3, -0.25) is 19.2 Å². The molecule has 2 aromatic carbocycles. The Hall–Kier alpha value is -4.29. The number of likely N-dealkylation sites (tertiary alicyclic amines) is 1. The molecule has 1 fully saturated rings. The quantitative estimate of drug-likeness (QED) is 0.180. The number of nitrogens with zero attached hydrogens (tertiary/aromatic N) is 2. The fraction of sp³-hybridized carbons (Fsp3) is 0.614. The number of benzene rings is 2. The van der Waals surface area contributed by atoms with Gasteiger partial charge in [0, 0.05) is 39.8 Å². The minimum Gasteiger partial charge on any atom is -0.458 e. The number of hydrogen-bond donors (Lipinski definition) is 2. The van der Waals surface area contributed by atoms with Crippen LogP contribution in [0.2, 0.25) is 0 Å². The van der Waals surface area contributed by atoms with Crippen LogP contribution in [-0.4, -0.2) is 109 Å². The van der Waals surface area contributed by atoms with Crippen LogP contribution in [0.3, 0.4) is 0 Å². The molecule has 0 aliphatic carbocycles. The molecule has 12 heteroatoms. The van der Waals surface area contributed by atoms with E-state index in [1.54, 1.807) is 75.9 Å². The van der Waals surface area contributed by atoms with E-state index in [2.05, 4.69) is 10.6 Å². The molecule has 1 saturated heterocycles. The lowest BCUT2D eigenvalue weighted by atomic mass is 9.89. The van der Waals surface area contributed by atoms with Crippen molar-refractivity contribution in [1.82, 2.24) is 20.4 Å². The van der Waals surface area contributed by atoms with Crippen LogP contribution in [0.5, 0.6) is 0 Å². The van der Waals surface area contributed by atoms with Crippen LogP contribution in [0, 0.1) is 17.8 Å².